The molecule has 0 amide bonds. The predicted octanol–water partition coefficient (Wildman–Crippen LogP) is 4.34. The van der Waals surface area contributed by atoms with Crippen LogP contribution in [0.15, 0.2) is 30.6 Å². The van der Waals surface area contributed by atoms with Crippen molar-refractivity contribution < 1.29 is 27.1 Å². The number of aryl methyl sites for hydroxylation is 1. The quantitative estimate of drug-likeness (QED) is 0.488. The average Bonchev–Trinajstić information content (AvgIpc) is 2.97. The molecule has 150 valence electrons. The van der Waals surface area contributed by atoms with Crippen molar-refractivity contribution in [1.82, 2.24) is 14.4 Å². The summed E-state index contributed by atoms with van der Waals surface area (Å²) in [5.41, 5.74) is 2.37. The lowest BCUT2D eigenvalue weighted by Crippen LogP contribution is -2.38. The molecule has 0 aliphatic carbocycles. The Labute approximate surface area is 160 Å². The van der Waals surface area contributed by atoms with Gasteiger partial charge in [0.2, 0.25) is 0 Å². The maximum atomic E-state index is 13.6. The van der Waals surface area contributed by atoms with Crippen LogP contribution in [0, 0.1) is 6.92 Å². The van der Waals surface area contributed by atoms with Gasteiger partial charge in [0.25, 0.3) is 0 Å². The first kappa shape index (κ1) is 20.3. The summed E-state index contributed by atoms with van der Waals surface area (Å²) in [6.07, 6.45) is -2.78. The average molecular weight is 421 g/mol. The maximum absolute atomic E-state index is 13.6. The highest BCUT2D eigenvalue weighted by molar-refractivity contribution is 6.22. The molecule has 1 unspecified atom stereocenters. The zero-order valence-corrected chi connectivity index (χ0v) is 15.3. The number of halogens is 6. The van der Waals surface area contributed by atoms with E-state index >= 15 is 0 Å². The summed E-state index contributed by atoms with van der Waals surface area (Å²) < 4.78 is 67.5. The van der Waals surface area contributed by atoms with Gasteiger partial charge in [0, 0.05) is 11.8 Å². The number of hydrogen-bond acceptors (Lipinski definition) is 4. The first-order valence-corrected chi connectivity index (χ1v) is 8.22. The van der Waals surface area contributed by atoms with Crippen molar-refractivity contribution in [2.75, 3.05) is 5.73 Å². The van der Waals surface area contributed by atoms with Gasteiger partial charge in [-0.15, -0.1) is 0 Å². The van der Waals surface area contributed by atoms with Crippen LogP contribution in [0.25, 0.3) is 16.9 Å². The second-order valence-electron chi connectivity index (χ2n) is 6.45. The number of alkyl halides is 6. The zero-order chi connectivity index (χ0) is 21.1. The number of benzene rings is 1. The summed E-state index contributed by atoms with van der Waals surface area (Å²) >= 11 is 5.01. The number of nitrogen functional groups attached to an aromatic ring is 1. The van der Waals surface area contributed by atoms with E-state index in [0.29, 0.717) is 11.8 Å². The van der Waals surface area contributed by atoms with Crippen molar-refractivity contribution in [3.8, 4) is 11.3 Å². The minimum Gasteiger partial charge on any atom is -0.381 e. The Morgan fingerprint density at radius 1 is 1.18 bits per heavy atom. The summed E-state index contributed by atoms with van der Waals surface area (Å²) in [5.74, 6) is -0.436. The number of hydrogen-bond donors (Lipinski definition) is 2. The molecule has 0 fully saturated rings. The molecule has 5 nitrogen and oxygen atoms in total. The fourth-order valence-corrected chi connectivity index (χ4v) is 2.82. The van der Waals surface area contributed by atoms with Crippen molar-refractivity contribution in [1.29, 1.82) is 0 Å². The van der Waals surface area contributed by atoms with E-state index in [1.165, 1.54) is 24.4 Å². The van der Waals surface area contributed by atoms with Crippen LogP contribution in [0.1, 0.15) is 23.7 Å². The van der Waals surface area contributed by atoms with Gasteiger partial charge in [-0.25, -0.2) is 9.97 Å². The molecular weight excluding hydrogens is 407 g/mol. The highest BCUT2D eigenvalue weighted by Gasteiger charge is 2.49. The number of imidazole rings is 1. The Bertz CT molecular complexity index is 1060. The molecule has 0 saturated carbocycles. The first-order chi connectivity index (χ1) is 12.7. The van der Waals surface area contributed by atoms with E-state index in [0.717, 1.165) is 11.3 Å². The molecule has 1 atom stereocenters. The highest BCUT2D eigenvalue weighted by atomic mass is 35.5. The van der Waals surface area contributed by atoms with Gasteiger partial charge in [-0.1, -0.05) is 12.1 Å². The normalized spacial score (nSPS) is 15.0. The van der Waals surface area contributed by atoms with Gasteiger partial charge in [-0.2, -0.15) is 22.0 Å². The van der Waals surface area contributed by atoms with Gasteiger partial charge >= 0.3 is 11.6 Å². The molecule has 2 heterocycles. The lowest BCUT2D eigenvalue weighted by molar-refractivity contribution is -0.141. The molecule has 3 aromatic rings. The lowest BCUT2D eigenvalue weighted by atomic mass is 9.92. The van der Waals surface area contributed by atoms with Gasteiger partial charge in [0.05, 0.1) is 11.9 Å². The Morgan fingerprint density at radius 2 is 1.82 bits per heavy atom. The Hall–Kier alpha value is -2.46. The van der Waals surface area contributed by atoms with Crippen molar-refractivity contribution >= 4 is 23.1 Å². The fourth-order valence-electron chi connectivity index (χ4n) is 2.71. The standard InChI is InChI=1S/C17H14ClF5N4O/c1-8-3-4-9(15(2,28)17(18,22)23)5-10(8)11-6-25-14-13(24)26-12(7-27(11)14)16(19,20)21/h3-7,28H,1-2H3,(H2,24,26). The van der Waals surface area contributed by atoms with E-state index in [9.17, 15) is 27.1 Å². The van der Waals surface area contributed by atoms with Crippen molar-refractivity contribution in [3.63, 3.8) is 0 Å². The third kappa shape index (κ3) is 3.26. The largest absolute Gasteiger partial charge is 0.434 e. The number of nitrogens with zero attached hydrogens (tertiary/aromatic N) is 3. The highest BCUT2D eigenvalue weighted by Crippen LogP contribution is 2.42. The van der Waals surface area contributed by atoms with E-state index < -0.39 is 28.7 Å². The topological polar surface area (TPSA) is 76.4 Å². The van der Waals surface area contributed by atoms with Crippen LogP contribution in [-0.4, -0.2) is 24.9 Å². The van der Waals surface area contributed by atoms with Crippen molar-refractivity contribution in [3.05, 3.63) is 47.4 Å². The third-order valence-corrected chi connectivity index (χ3v) is 4.80. The first-order valence-electron chi connectivity index (χ1n) is 7.85. The second-order valence-corrected chi connectivity index (χ2v) is 6.92. The minimum atomic E-state index is -4.74. The Kier molecular flexibility index (Phi) is 4.55. The smallest absolute Gasteiger partial charge is 0.381 e. The fraction of sp³-hybridized carbons (Fsp3) is 0.294. The molecule has 0 aliphatic rings. The van der Waals surface area contributed by atoms with E-state index in [1.54, 1.807) is 6.92 Å². The Balaban J connectivity index is 2.26. The van der Waals surface area contributed by atoms with Gasteiger partial charge in [-0.3, -0.25) is 4.40 Å². The summed E-state index contributed by atoms with van der Waals surface area (Å²) in [6.45, 7) is 2.47. The molecule has 3 rings (SSSR count). The molecule has 11 heteroatoms. The van der Waals surface area contributed by atoms with Crippen LogP contribution in [-0.2, 0) is 11.8 Å². The summed E-state index contributed by atoms with van der Waals surface area (Å²) in [4.78, 5) is 7.27. The van der Waals surface area contributed by atoms with Crippen LogP contribution in [0.4, 0.5) is 27.8 Å². The number of anilines is 1. The summed E-state index contributed by atoms with van der Waals surface area (Å²) in [5, 5.41) is 6.18. The minimum absolute atomic E-state index is 0.0257. The number of aromatic nitrogens is 3. The van der Waals surface area contributed by atoms with Crippen LogP contribution >= 0.6 is 11.6 Å². The van der Waals surface area contributed by atoms with E-state index in [2.05, 4.69) is 9.97 Å². The Morgan fingerprint density at radius 3 is 2.39 bits per heavy atom. The van der Waals surface area contributed by atoms with E-state index in [1.807, 2.05) is 0 Å². The summed E-state index contributed by atoms with van der Waals surface area (Å²) in [6, 6.07) is 3.92. The molecule has 0 saturated heterocycles. The molecule has 3 N–H and O–H groups in total. The second kappa shape index (κ2) is 6.28. The number of nitrogens with two attached hydrogens (primary N) is 1. The molecule has 0 aliphatic heterocycles. The number of aliphatic hydroxyl groups is 1. The molecule has 0 bridgehead atoms. The van der Waals surface area contributed by atoms with E-state index in [4.69, 9.17) is 17.3 Å². The van der Waals surface area contributed by atoms with Gasteiger partial charge in [-0.05, 0) is 42.6 Å². The van der Waals surface area contributed by atoms with Crippen LogP contribution in [0.5, 0.6) is 0 Å². The van der Waals surface area contributed by atoms with Crippen molar-refractivity contribution in [2.45, 2.75) is 31.0 Å². The third-order valence-electron chi connectivity index (χ3n) is 4.44. The van der Waals surface area contributed by atoms with Gasteiger partial charge < -0.3 is 10.8 Å². The van der Waals surface area contributed by atoms with Gasteiger partial charge in [0.15, 0.2) is 22.8 Å². The lowest BCUT2D eigenvalue weighted by Gasteiger charge is -2.28. The number of rotatable bonds is 3. The summed E-state index contributed by atoms with van der Waals surface area (Å²) in [7, 11) is 0. The van der Waals surface area contributed by atoms with Crippen LogP contribution in [0.3, 0.4) is 0 Å². The van der Waals surface area contributed by atoms with Crippen LogP contribution in [0.2, 0.25) is 0 Å². The van der Waals surface area contributed by atoms with Gasteiger partial charge in [0.1, 0.15) is 0 Å². The van der Waals surface area contributed by atoms with Crippen LogP contribution < -0.4 is 5.73 Å². The SMILES string of the molecule is Cc1ccc(C(C)(O)C(F)(F)Cl)cc1-c1cnc2c(N)nc(C(F)(F)F)cn12. The van der Waals surface area contributed by atoms with Crippen molar-refractivity contribution in [2.24, 2.45) is 0 Å². The molecular formula is C17H14ClF5N4O. The monoisotopic (exact) mass is 420 g/mol. The predicted molar refractivity (Wildman–Crippen MR) is 92.9 cm³/mol. The number of fused-ring (bicyclic) bond motifs is 1. The molecule has 28 heavy (non-hydrogen) atoms. The molecule has 0 radical (unpaired) electrons. The molecule has 2 aromatic heterocycles. The van der Waals surface area contributed by atoms with E-state index in [-0.39, 0.29) is 22.5 Å². The molecule has 0 spiro atoms. The molecule has 1 aromatic carbocycles. The maximum Gasteiger partial charge on any atom is 0.434 e. The zero-order valence-electron chi connectivity index (χ0n) is 14.5.